The van der Waals surface area contributed by atoms with Gasteiger partial charge in [0.15, 0.2) is 0 Å². The van der Waals surface area contributed by atoms with E-state index in [0.717, 1.165) is 0 Å². The Bertz CT molecular complexity index is 524. The van der Waals surface area contributed by atoms with Gasteiger partial charge in [-0.15, -0.1) is 0 Å². The van der Waals surface area contributed by atoms with Crippen molar-refractivity contribution in [3.8, 4) is 0 Å². The van der Waals surface area contributed by atoms with Gasteiger partial charge >= 0.3 is 5.69 Å². The molecule has 3 atom stereocenters. The molecule has 1 aliphatic heterocycles. The lowest BCUT2D eigenvalue weighted by Gasteiger charge is -2.14. The molecule has 94 valence electrons. The van der Waals surface area contributed by atoms with Gasteiger partial charge in [-0.2, -0.15) is 12.6 Å². The predicted octanol–water partition coefficient (Wildman–Crippen LogP) is -0.577. The van der Waals surface area contributed by atoms with Crippen LogP contribution < -0.4 is 11.2 Å². The van der Waals surface area contributed by atoms with E-state index in [9.17, 15) is 14.7 Å². The second kappa shape index (κ2) is 4.67. The SMILES string of the molecule is Cc1cn(C2CC(O)[C@@H](CS)O2)c(=O)[nH]c1=O. The predicted molar refractivity (Wildman–Crippen MR) is 64.4 cm³/mol. The van der Waals surface area contributed by atoms with Crippen LogP contribution in [0.15, 0.2) is 15.8 Å². The lowest BCUT2D eigenvalue weighted by Crippen LogP contribution is -2.33. The maximum Gasteiger partial charge on any atom is 0.330 e. The molecule has 0 saturated carbocycles. The first-order valence-corrected chi connectivity index (χ1v) is 5.92. The van der Waals surface area contributed by atoms with Crippen LogP contribution in [0.2, 0.25) is 0 Å². The van der Waals surface area contributed by atoms with E-state index < -0.39 is 23.6 Å². The first-order valence-electron chi connectivity index (χ1n) is 5.29. The van der Waals surface area contributed by atoms with Crippen LogP contribution in [0.4, 0.5) is 0 Å². The number of thiol groups is 1. The second-order valence-electron chi connectivity index (χ2n) is 4.09. The lowest BCUT2D eigenvalue weighted by molar-refractivity contribution is -0.00746. The molecule has 2 rings (SSSR count). The molecule has 0 bridgehead atoms. The Labute approximate surface area is 103 Å². The summed E-state index contributed by atoms with van der Waals surface area (Å²) >= 11 is 4.06. The third-order valence-corrected chi connectivity index (χ3v) is 3.20. The summed E-state index contributed by atoms with van der Waals surface area (Å²) in [7, 11) is 0. The number of aromatic amines is 1. The van der Waals surface area contributed by atoms with Crippen molar-refractivity contribution in [1.29, 1.82) is 0 Å². The summed E-state index contributed by atoms with van der Waals surface area (Å²) in [5.41, 5.74) is -0.509. The number of nitrogens with one attached hydrogen (secondary N) is 1. The van der Waals surface area contributed by atoms with Gasteiger partial charge in [-0.1, -0.05) is 0 Å². The Hall–Kier alpha value is -1.05. The smallest absolute Gasteiger partial charge is 0.330 e. The van der Waals surface area contributed by atoms with Gasteiger partial charge in [-0.05, 0) is 6.92 Å². The molecular formula is C10H14N2O4S. The summed E-state index contributed by atoms with van der Waals surface area (Å²) in [5, 5.41) is 9.67. The zero-order valence-corrected chi connectivity index (χ0v) is 10.2. The van der Waals surface area contributed by atoms with Crippen molar-refractivity contribution >= 4 is 12.6 Å². The molecule has 1 fully saturated rings. The number of ether oxygens (including phenoxy) is 1. The number of aromatic nitrogens is 2. The summed E-state index contributed by atoms with van der Waals surface area (Å²) in [6, 6.07) is 0. The molecule has 1 aromatic rings. The molecule has 0 radical (unpaired) electrons. The summed E-state index contributed by atoms with van der Waals surface area (Å²) in [6.07, 6.45) is 0.181. The van der Waals surface area contributed by atoms with E-state index in [-0.39, 0.29) is 6.10 Å². The highest BCUT2D eigenvalue weighted by Gasteiger charge is 2.34. The van der Waals surface area contributed by atoms with Gasteiger partial charge in [-0.25, -0.2) is 4.79 Å². The highest BCUT2D eigenvalue weighted by Crippen LogP contribution is 2.27. The highest BCUT2D eigenvalue weighted by molar-refractivity contribution is 7.80. The van der Waals surface area contributed by atoms with Gasteiger partial charge in [0, 0.05) is 23.9 Å². The van der Waals surface area contributed by atoms with E-state index in [4.69, 9.17) is 4.74 Å². The molecule has 1 aliphatic rings. The van der Waals surface area contributed by atoms with Crippen molar-refractivity contribution in [1.82, 2.24) is 9.55 Å². The van der Waals surface area contributed by atoms with Crippen molar-refractivity contribution < 1.29 is 9.84 Å². The van der Waals surface area contributed by atoms with E-state index >= 15 is 0 Å². The van der Waals surface area contributed by atoms with Gasteiger partial charge in [0.2, 0.25) is 0 Å². The van der Waals surface area contributed by atoms with Crippen molar-refractivity contribution in [3.05, 3.63) is 32.6 Å². The first kappa shape index (κ1) is 12.4. The zero-order valence-electron chi connectivity index (χ0n) is 9.29. The van der Waals surface area contributed by atoms with Crippen LogP contribution in [-0.4, -0.2) is 32.6 Å². The normalized spacial score (nSPS) is 28.5. The minimum Gasteiger partial charge on any atom is -0.390 e. The molecule has 17 heavy (non-hydrogen) atoms. The van der Waals surface area contributed by atoms with Crippen molar-refractivity contribution in [2.45, 2.75) is 31.8 Å². The molecule has 0 amide bonds. The number of rotatable bonds is 2. The molecule has 1 saturated heterocycles. The summed E-state index contributed by atoms with van der Waals surface area (Å²) < 4.78 is 6.79. The van der Waals surface area contributed by atoms with Crippen LogP contribution in [0.5, 0.6) is 0 Å². The number of nitrogens with zero attached hydrogens (tertiary/aromatic N) is 1. The molecule has 2 heterocycles. The number of aliphatic hydroxyl groups is 1. The lowest BCUT2D eigenvalue weighted by atomic mass is 10.2. The fourth-order valence-corrected chi connectivity index (χ4v) is 2.18. The van der Waals surface area contributed by atoms with Gasteiger partial charge in [0.25, 0.3) is 5.56 Å². The molecule has 2 unspecified atom stereocenters. The summed E-state index contributed by atoms with van der Waals surface area (Å²) in [6.45, 7) is 1.61. The molecule has 2 N–H and O–H groups in total. The van der Waals surface area contributed by atoms with Gasteiger partial charge in [-0.3, -0.25) is 14.3 Å². The molecule has 6 nitrogen and oxygen atoms in total. The van der Waals surface area contributed by atoms with Crippen molar-refractivity contribution in [2.24, 2.45) is 0 Å². The highest BCUT2D eigenvalue weighted by atomic mass is 32.1. The average molecular weight is 258 g/mol. The van der Waals surface area contributed by atoms with Crippen molar-refractivity contribution in [2.75, 3.05) is 5.75 Å². The van der Waals surface area contributed by atoms with Gasteiger partial charge in [0.05, 0.1) is 12.2 Å². The number of aryl methyl sites for hydroxylation is 1. The minimum absolute atomic E-state index is 0.316. The molecular weight excluding hydrogens is 244 g/mol. The third kappa shape index (κ3) is 2.31. The van der Waals surface area contributed by atoms with E-state index in [1.807, 2.05) is 0 Å². The minimum atomic E-state index is -0.642. The number of aliphatic hydroxyl groups excluding tert-OH is 1. The van der Waals surface area contributed by atoms with E-state index in [1.54, 1.807) is 6.92 Å². The zero-order chi connectivity index (χ0) is 12.6. The van der Waals surface area contributed by atoms with Crippen LogP contribution in [0.1, 0.15) is 18.2 Å². The molecule has 0 aromatic carbocycles. The fourth-order valence-electron chi connectivity index (χ4n) is 1.85. The summed E-state index contributed by atoms with van der Waals surface area (Å²) in [5.74, 6) is 0.384. The fraction of sp³-hybridized carbons (Fsp3) is 0.600. The van der Waals surface area contributed by atoms with Crippen LogP contribution in [0.3, 0.4) is 0 Å². The Balaban J connectivity index is 2.34. The van der Waals surface area contributed by atoms with Crippen LogP contribution in [-0.2, 0) is 4.74 Å². The topological polar surface area (TPSA) is 84.3 Å². The van der Waals surface area contributed by atoms with Gasteiger partial charge < -0.3 is 9.84 Å². The largest absolute Gasteiger partial charge is 0.390 e. The van der Waals surface area contributed by atoms with E-state index in [1.165, 1.54) is 10.8 Å². The standard InChI is InChI=1S/C10H14N2O4S/c1-5-3-12(10(15)11-9(5)14)8-2-6(13)7(4-17)16-8/h3,6-8,13,17H,2,4H2,1H3,(H,11,14,15)/t6?,7-,8?/m1/s1. The molecule has 0 spiro atoms. The monoisotopic (exact) mass is 258 g/mol. The number of hydrogen-bond donors (Lipinski definition) is 3. The third-order valence-electron chi connectivity index (χ3n) is 2.84. The Morgan fingerprint density at radius 3 is 2.94 bits per heavy atom. The average Bonchev–Trinajstić information content (AvgIpc) is 2.65. The van der Waals surface area contributed by atoms with Crippen LogP contribution in [0.25, 0.3) is 0 Å². The Kier molecular flexibility index (Phi) is 3.41. The quantitative estimate of drug-likeness (QED) is 0.620. The summed E-state index contributed by atoms with van der Waals surface area (Å²) in [4.78, 5) is 25.0. The van der Waals surface area contributed by atoms with E-state index in [0.29, 0.717) is 17.7 Å². The maximum atomic E-state index is 11.6. The number of hydrogen-bond acceptors (Lipinski definition) is 5. The van der Waals surface area contributed by atoms with Gasteiger partial charge in [0.1, 0.15) is 6.23 Å². The molecule has 7 heteroatoms. The maximum absolute atomic E-state index is 11.6. The Morgan fingerprint density at radius 1 is 1.65 bits per heavy atom. The van der Waals surface area contributed by atoms with Crippen LogP contribution in [0, 0.1) is 6.92 Å². The Morgan fingerprint density at radius 2 is 2.35 bits per heavy atom. The van der Waals surface area contributed by atoms with E-state index in [2.05, 4.69) is 17.6 Å². The number of H-pyrrole nitrogens is 1. The second-order valence-corrected chi connectivity index (χ2v) is 4.46. The molecule has 0 aliphatic carbocycles. The van der Waals surface area contributed by atoms with Crippen LogP contribution >= 0.6 is 12.6 Å². The van der Waals surface area contributed by atoms with Crippen molar-refractivity contribution in [3.63, 3.8) is 0 Å². The molecule has 1 aromatic heterocycles. The first-order chi connectivity index (χ1) is 8.02.